The van der Waals surface area contributed by atoms with Crippen LogP contribution in [0.25, 0.3) is 0 Å². The second kappa shape index (κ2) is 8.73. The molecule has 0 fully saturated rings. The maximum absolute atomic E-state index is 12.7. The Balaban J connectivity index is 1.71. The van der Waals surface area contributed by atoms with Gasteiger partial charge in [0, 0.05) is 23.2 Å². The number of aromatic nitrogens is 2. The average Bonchev–Trinajstić information content (AvgIpc) is 3.00. The zero-order valence-corrected chi connectivity index (χ0v) is 16.3. The van der Waals surface area contributed by atoms with Crippen LogP contribution in [0.3, 0.4) is 0 Å². The van der Waals surface area contributed by atoms with E-state index in [1.54, 1.807) is 18.3 Å². The molecule has 0 radical (unpaired) electrons. The monoisotopic (exact) mass is 383 g/mol. The molecule has 1 N–H and O–H groups in total. The molecule has 6 nitrogen and oxygen atoms in total. The minimum atomic E-state index is -0.200. The molecule has 0 unspecified atom stereocenters. The van der Waals surface area contributed by atoms with E-state index >= 15 is 0 Å². The van der Waals surface area contributed by atoms with E-state index in [0.29, 0.717) is 28.6 Å². The number of benzene rings is 1. The standard InChI is InChI=1S/C20H21N3O3S/c1-4-25-16-9-7-15(8-10-16)22-19(24)17-6-5-11-21-20(17)27-12-18-13(2)23-26-14(18)3/h5-11H,4,12H2,1-3H3,(H,22,24). The van der Waals surface area contributed by atoms with Crippen molar-refractivity contribution >= 4 is 23.4 Å². The molecule has 1 amide bonds. The van der Waals surface area contributed by atoms with Crippen molar-refractivity contribution in [2.24, 2.45) is 0 Å². The SMILES string of the molecule is CCOc1ccc(NC(=O)c2cccnc2SCc2c(C)noc2C)cc1. The predicted molar refractivity (Wildman–Crippen MR) is 105 cm³/mol. The maximum atomic E-state index is 12.7. The first-order valence-electron chi connectivity index (χ1n) is 8.62. The van der Waals surface area contributed by atoms with E-state index in [1.165, 1.54) is 11.8 Å². The van der Waals surface area contributed by atoms with Gasteiger partial charge in [0.15, 0.2) is 0 Å². The van der Waals surface area contributed by atoms with Gasteiger partial charge in [-0.15, -0.1) is 11.8 Å². The van der Waals surface area contributed by atoms with Crippen molar-refractivity contribution in [1.29, 1.82) is 0 Å². The highest BCUT2D eigenvalue weighted by Gasteiger charge is 2.15. The van der Waals surface area contributed by atoms with E-state index in [1.807, 2.05) is 45.0 Å². The van der Waals surface area contributed by atoms with Gasteiger partial charge >= 0.3 is 0 Å². The molecule has 0 aliphatic heterocycles. The summed E-state index contributed by atoms with van der Waals surface area (Å²) in [5, 5.41) is 7.54. The fraction of sp³-hybridized carbons (Fsp3) is 0.250. The van der Waals surface area contributed by atoms with Gasteiger partial charge in [-0.3, -0.25) is 4.79 Å². The molecule has 3 aromatic rings. The van der Waals surface area contributed by atoms with Crippen LogP contribution in [-0.2, 0) is 5.75 Å². The molecule has 0 bridgehead atoms. The summed E-state index contributed by atoms with van der Waals surface area (Å²) in [5.41, 5.74) is 3.12. The molecule has 7 heteroatoms. The molecule has 0 aliphatic rings. The van der Waals surface area contributed by atoms with E-state index in [9.17, 15) is 4.79 Å². The number of hydrogen-bond acceptors (Lipinski definition) is 6. The molecule has 0 aliphatic carbocycles. The summed E-state index contributed by atoms with van der Waals surface area (Å²) in [4.78, 5) is 17.1. The van der Waals surface area contributed by atoms with Gasteiger partial charge in [-0.25, -0.2) is 4.98 Å². The van der Waals surface area contributed by atoms with Crippen LogP contribution in [0.1, 0.15) is 34.3 Å². The van der Waals surface area contributed by atoms with Gasteiger partial charge in [-0.05, 0) is 57.2 Å². The third kappa shape index (κ3) is 4.68. The summed E-state index contributed by atoms with van der Waals surface area (Å²) in [6.07, 6.45) is 1.68. The summed E-state index contributed by atoms with van der Waals surface area (Å²) >= 11 is 1.49. The molecule has 1 aromatic carbocycles. The third-order valence-corrected chi connectivity index (χ3v) is 5.01. The lowest BCUT2D eigenvalue weighted by atomic mass is 10.2. The normalized spacial score (nSPS) is 10.6. The van der Waals surface area contributed by atoms with E-state index in [2.05, 4.69) is 15.5 Å². The molecular weight excluding hydrogens is 362 g/mol. The maximum Gasteiger partial charge on any atom is 0.258 e. The van der Waals surface area contributed by atoms with Gasteiger partial charge in [-0.1, -0.05) is 5.16 Å². The number of nitrogens with zero attached hydrogens (tertiary/aromatic N) is 2. The number of ether oxygens (including phenoxy) is 1. The highest BCUT2D eigenvalue weighted by molar-refractivity contribution is 7.98. The van der Waals surface area contributed by atoms with E-state index in [4.69, 9.17) is 9.26 Å². The van der Waals surface area contributed by atoms with Crippen LogP contribution in [0.15, 0.2) is 52.1 Å². The lowest BCUT2D eigenvalue weighted by molar-refractivity contribution is 0.102. The number of nitrogens with one attached hydrogen (secondary N) is 1. The molecule has 2 aromatic heterocycles. The predicted octanol–water partition coefficient (Wildman–Crippen LogP) is 4.63. The highest BCUT2D eigenvalue weighted by Crippen LogP contribution is 2.27. The van der Waals surface area contributed by atoms with Crippen LogP contribution in [0.5, 0.6) is 5.75 Å². The first-order chi connectivity index (χ1) is 13.1. The zero-order chi connectivity index (χ0) is 19.2. The van der Waals surface area contributed by atoms with Crippen molar-refractivity contribution in [3.63, 3.8) is 0 Å². The van der Waals surface area contributed by atoms with Gasteiger partial charge in [-0.2, -0.15) is 0 Å². The third-order valence-electron chi connectivity index (χ3n) is 3.97. The van der Waals surface area contributed by atoms with E-state index in [0.717, 1.165) is 22.8 Å². The first kappa shape index (κ1) is 19.0. The lowest BCUT2D eigenvalue weighted by Crippen LogP contribution is -2.13. The number of rotatable bonds is 7. The van der Waals surface area contributed by atoms with Crippen molar-refractivity contribution in [1.82, 2.24) is 10.1 Å². The minimum Gasteiger partial charge on any atom is -0.494 e. The Kier molecular flexibility index (Phi) is 6.13. The summed E-state index contributed by atoms with van der Waals surface area (Å²) in [6, 6.07) is 10.8. The molecule has 140 valence electrons. The average molecular weight is 383 g/mol. The van der Waals surface area contributed by atoms with Crippen LogP contribution < -0.4 is 10.1 Å². The Hall–Kier alpha value is -2.80. The fourth-order valence-corrected chi connectivity index (χ4v) is 3.67. The van der Waals surface area contributed by atoms with Crippen LogP contribution in [-0.4, -0.2) is 22.7 Å². The van der Waals surface area contributed by atoms with Crippen molar-refractivity contribution < 1.29 is 14.1 Å². The molecule has 2 heterocycles. The Labute approximate surface area is 162 Å². The molecule has 3 rings (SSSR count). The molecule has 0 atom stereocenters. The van der Waals surface area contributed by atoms with Crippen LogP contribution in [0.2, 0.25) is 0 Å². The topological polar surface area (TPSA) is 77.2 Å². The second-order valence-corrected chi connectivity index (χ2v) is 6.82. The fourth-order valence-electron chi connectivity index (χ4n) is 2.53. The number of carbonyl (C=O) groups excluding carboxylic acids is 1. The Morgan fingerprint density at radius 2 is 2.00 bits per heavy atom. The number of anilines is 1. The summed E-state index contributed by atoms with van der Waals surface area (Å²) in [6.45, 7) is 6.32. The lowest BCUT2D eigenvalue weighted by Gasteiger charge is -2.10. The Morgan fingerprint density at radius 1 is 1.22 bits per heavy atom. The quantitative estimate of drug-likeness (QED) is 0.600. The molecule has 0 spiro atoms. The summed E-state index contributed by atoms with van der Waals surface area (Å²) in [5.74, 6) is 2.00. The van der Waals surface area contributed by atoms with Crippen LogP contribution in [0.4, 0.5) is 5.69 Å². The molecular formula is C20H21N3O3S. The number of aryl methyl sites for hydroxylation is 2. The first-order valence-corrected chi connectivity index (χ1v) is 9.60. The van der Waals surface area contributed by atoms with Crippen molar-refractivity contribution in [2.75, 3.05) is 11.9 Å². The van der Waals surface area contributed by atoms with Gasteiger partial charge < -0.3 is 14.6 Å². The molecule has 0 saturated carbocycles. The van der Waals surface area contributed by atoms with Crippen LogP contribution in [0, 0.1) is 13.8 Å². The van der Waals surface area contributed by atoms with Gasteiger partial charge in [0.05, 0.1) is 17.9 Å². The van der Waals surface area contributed by atoms with Crippen molar-refractivity contribution in [3.05, 3.63) is 65.2 Å². The largest absolute Gasteiger partial charge is 0.494 e. The highest BCUT2D eigenvalue weighted by atomic mass is 32.2. The van der Waals surface area contributed by atoms with Crippen molar-refractivity contribution in [2.45, 2.75) is 31.6 Å². The molecule has 27 heavy (non-hydrogen) atoms. The zero-order valence-electron chi connectivity index (χ0n) is 15.5. The van der Waals surface area contributed by atoms with Gasteiger partial charge in [0.25, 0.3) is 5.91 Å². The number of hydrogen-bond donors (Lipinski definition) is 1. The summed E-state index contributed by atoms with van der Waals surface area (Å²) in [7, 11) is 0. The Morgan fingerprint density at radius 3 is 2.67 bits per heavy atom. The number of pyridine rings is 1. The summed E-state index contributed by atoms with van der Waals surface area (Å²) < 4.78 is 10.6. The molecule has 0 saturated heterocycles. The van der Waals surface area contributed by atoms with Gasteiger partial charge in [0.1, 0.15) is 16.5 Å². The smallest absolute Gasteiger partial charge is 0.258 e. The van der Waals surface area contributed by atoms with Crippen molar-refractivity contribution in [3.8, 4) is 5.75 Å². The Bertz CT molecular complexity index is 903. The van der Waals surface area contributed by atoms with Gasteiger partial charge in [0.2, 0.25) is 0 Å². The minimum absolute atomic E-state index is 0.200. The van der Waals surface area contributed by atoms with Crippen LogP contribution >= 0.6 is 11.8 Å². The number of carbonyl (C=O) groups is 1. The number of thioether (sulfide) groups is 1. The number of amides is 1. The van der Waals surface area contributed by atoms with E-state index in [-0.39, 0.29) is 5.91 Å². The van der Waals surface area contributed by atoms with E-state index < -0.39 is 0 Å². The second-order valence-electron chi connectivity index (χ2n) is 5.86.